The Bertz CT molecular complexity index is 210. The van der Waals surface area contributed by atoms with Crippen molar-refractivity contribution in [3.63, 3.8) is 0 Å². The lowest BCUT2D eigenvalue weighted by molar-refractivity contribution is 0.147. The average Bonchev–Trinajstić information content (AvgIpc) is 2.69. The van der Waals surface area contributed by atoms with Crippen molar-refractivity contribution in [1.29, 1.82) is 0 Å². The average molecular weight is 242 g/mol. The summed E-state index contributed by atoms with van der Waals surface area (Å²) < 4.78 is 0. The number of hydrogen-bond donors (Lipinski definition) is 2. The molecule has 0 aromatic heterocycles. The van der Waals surface area contributed by atoms with Crippen molar-refractivity contribution in [1.82, 2.24) is 4.90 Å². The summed E-state index contributed by atoms with van der Waals surface area (Å²) in [4.78, 5) is 2.41. The molecule has 3 N–H and O–H groups in total. The highest BCUT2D eigenvalue weighted by Crippen LogP contribution is 2.35. The molecule has 1 fully saturated rings. The fourth-order valence-corrected chi connectivity index (χ4v) is 2.93. The van der Waals surface area contributed by atoms with Crippen LogP contribution in [0.4, 0.5) is 0 Å². The molecule has 0 spiro atoms. The van der Waals surface area contributed by atoms with E-state index in [9.17, 15) is 5.11 Å². The summed E-state index contributed by atoms with van der Waals surface area (Å²) in [6.07, 6.45) is 8.41. The van der Waals surface area contributed by atoms with Gasteiger partial charge in [0.2, 0.25) is 0 Å². The van der Waals surface area contributed by atoms with Crippen LogP contribution in [0.5, 0.6) is 0 Å². The monoisotopic (exact) mass is 242 g/mol. The fourth-order valence-electron chi connectivity index (χ4n) is 2.93. The third-order valence-corrected chi connectivity index (χ3v) is 4.30. The van der Waals surface area contributed by atoms with E-state index in [0.29, 0.717) is 5.92 Å². The predicted octanol–water partition coefficient (Wildman–Crippen LogP) is 1.99. The van der Waals surface area contributed by atoms with Crippen LogP contribution in [-0.2, 0) is 0 Å². The third-order valence-electron chi connectivity index (χ3n) is 4.30. The zero-order valence-electron chi connectivity index (χ0n) is 11.6. The first-order valence-electron chi connectivity index (χ1n) is 7.20. The molecule has 0 aliphatic heterocycles. The van der Waals surface area contributed by atoms with Crippen molar-refractivity contribution in [2.75, 3.05) is 26.7 Å². The van der Waals surface area contributed by atoms with Crippen molar-refractivity contribution < 1.29 is 5.11 Å². The molecule has 0 aromatic rings. The number of aliphatic hydroxyl groups excluding tert-OH is 1. The van der Waals surface area contributed by atoms with Gasteiger partial charge in [0.15, 0.2) is 0 Å². The Hall–Kier alpha value is -0.120. The summed E-state index contributed by atoms with van der Waals surface area (Å²) in [5.41, 5.74) is 5.95. The molecule has 0 amide bonds. The lowest BCUT2D eigenvalue weighted by atomic mass is 9.86. The van der Waals surface area contributed by atoms with Gasteiger partial charge in [-0.2, -0.15) is 0 Å². The summed E-state index contributed by atoms with van der Waals surface area (Å²) in [5, 5.41) is 9.40. The number of nitrogens with zero attached hydrogens (tertiary/aromatic N) is 1. The molecule has 2 unspecified atom stereocenters. The predicted molar refractivity (Wildman–Crippen MR) is 73.0 cm³/mol. The molecule has 0 aromatic carbocycles. The Morgan fingerprint density at radius 2 is 2.12 bits per heavy atom. The quantitative estimate of drug-likeness (QED) is 0.640. The van der Waals surface area contributed by atoms with E-state index < -0.39 is 0 Å². The van der Waals surface area contributed by atoms with Crippen LogP contribution >= 0.6 is 0 Å². The number of rotatable bonds is 8. The molecule has 0 saturated heterocycles. The Labute approximate surface area is 106 Å². The highest BCUT2D eigenvalue weighted by Gasteiger charge is 2.38. The van der Waals surface area contributed by atoms with E-state index in [1.54, 1.807) is 0 Å². The van der Waals surface area contributed by atoms with E-state index in [4.69, 9.17) is 5.73 Å². The molecule has 3 nitrogen and oxygen atoms in total. The van der Waals surface area contributed by atoms with Crippen LogP contribution in [0.1, 0.15) is 51.9 Å². The first-order valence-corrected chi connectivity index (χ1v) is 7.20. The largest absolute Gasteiger partial charge is 0.394 e. The standard InChI is InChI=1S/C14H30N2O/c1-3-4-5-10-16(2)11-8-13-7-6-9-14(13,15)12-17/h13,17H,3-12,15H2,1-2H3. The highest BCUT2D eigenvalue weighted by atomic mass is 16.3. The lowest BCUT2D eigenvalue weighted by Crippen LogP contribution is -2.47. The van der Waals surface area contributed by atoms with Gasteiger partial charge in [0.1, 0.15) is 0 Å². The van der Waals surface area contributed by atoms with Crippen LogP contribution < -0.4 is 5.73 Å². The van der Waals surface area contributed by atoms with Crippen LogP contribution in [0, 0.1) is 5.92 Å². The molecule has 0 radical (unpaired) electrons. The second-order valence-corrected chi connectivity index (χ2v) is 5.78. The van der Waals surface area contributed by atoms with Gasteiger partial charge in [-0.25, -0.2) is 0 Å². The third kappa shape index (κ3) is 4.57. The van der Waals surface area contributed by atoms with Gasteiger partial charge in [-0.3, -0.25) is 0 Å². The van der Waals surface area contributed by atoms with Gasteiger partial charge >= 0.3 is 0 Å². The van der Waals surface area contributed by atoms with Crippen molar-refractivity contribution in [3.8, 4) is 0 Å². The van der Waals surface area contributed by atoms with Crippen molar-refractivity contribution in [2.45, 2.75) is 57.4 Å². The van der Waals surface area contributed by atoms with E-state index in [1.165, 1.54) is 38.6 Å². The summed E-state index contributed by atoms with van der Waals surface area (Å²) in [6, 6.07) is 0. The number of nitrogens with two attached hydrogens (primary N) is 1. The van der Waals surface area contributed by atoms with Gasteiger partial charge in [0.25, 0.3) is 0 Å². The molecule has 17 heavy (non-hydrogen) atoms. The van der Waals surface area contributed by atoms with Gasteiger partial charge in [0.05, 0.1) is 6.61 Å². The molecule has 3 heteroatoms. The molecule has 0 bridgehead atoms. The molecule has 1 rings (SSSR count). The first kappa shape index (κ1) is 14.9. The van der Waals surface area contributed by atoms with Crippen molar-refractivity contribution in [3.05, 3.63) is 0 Å². The maximum Gasteiger partial charge on any atom is 0.0613 e. The minimum atomic E-state index is -0.287. The number of unbranched alkanes of at least 4 members (excludes halogenated alkanes) is 2. The molecule has 1 aliphatic carbocycles. The van der Waals surface area contributed by atoms with Gasteiger partial charge in [-0.15, -0.1) is 0 Å². The number of hydrogen-bond acceptors (Lipinski definition) is 3. The second kappa shape index (κ2) is 7.34. The van der Waals surface area contributed by atoms with Gasteiger partial charge < -0.3 is 15.7 Å². The van der Waals surface area contributed by atoms with Crippen LogP contribution in [0.3, 0.4) is 0 Å². The van der Waals surface area contributed by atoms with Crippen LogP contribution in [-0.4, -0.2) is 42.3 Å². The van der Waals surface area contributed by atoms with E-state index in [2.05, 4.69) is 18.9 Å². The molecule has 102 valence electrons. The van der Waals surface area contributed by atoms with E-state index >= 15 is 0 Å². The van der Waals surface area contributed by atoms with Crippen LogP contribution in [0.25, 0.3) is 0 Å². The van der Waals surface area contributed by atoms with Crippen molar-refractivity contribution in [2.24, 2.45) is 11.7 Å². The molecular weight excluding hydrogens is 212 g/mol. The van der Waals surface area contributed by atoms with E-state index in [1.807, 2.05) is 0 Å². The number of aliphatic hydroxyl groups is 1. The second-order valence-electron chi connectivity index (χ2n) is 5.78. The van der Waals surface area contributed by atoms with Crippen LogP contribution in [0.15, 0.2) is 0 Å². The fraction of sp³-hybridized carbons (Fsp3) is 1.00. The molecule has 1 saturated carbocycles. The zero-order valence-corrected chi connectivity index (χ0v) is 11.6. The Morgan fingerprint density at radius 3 is 2.76 bits per heavy atom. The maximum absolute atomic E-state index is 9.40. The van der Waals surface area contributed by atoms with Gasteiger partial charge in [-0.1, -0.05) is 26.2 Å². The van der Waals surface area contributed by atoms with E-state index in [-0.39, 0.29) is 12.1 Å². The normalized spacial score (nSPS) is 29.1. The minimum Gasteiger partial charge on any atom is -0.394 e. The molecule has 1 aliphatic rings. The Morgan fingerprint density at radius 1 is 1.35 bits per heavy atom. The molecule has 2 atom stereocenters. The topological polar surface area (TPSA) is 49.5 Å². The molecular formula is C14H30N2O. The summed E-state index contributed by atoms with van der Waals surface area (Å²) in [6.45, 7) is 4.70. The Balaban J connectivity index is 2.21. The zero-order chi connectivity index (χ0) is 12.7. The van der Waals surface area contributed by atoms with Crippen molar-refractivity contribution >= 4 is 0 Å². The summed E-state index contributed by atoms with van der Waals surface area (Å²) >= 11 is 0. The summed E-state index contributed by atoms with van der Waals surface area (Å²) in [5.74, 6) is 0.515. The lowest BCUT2D eigenvalue weighted by Gasteiger charge is -2.30. The smallest absolute Gasteiger partial charge is 0.0613 e. The highest BCUT2D eigenvalue weighted by molar-refractivity contribution is 4.96. The first-order chi connectivity index (χ1) is 8.12. The Kier molecular flexibility index (Phi) is 6.45. The maximum atomic E-state index is 9.40. The van der Waals surface area contributed by atoms with Gasteiger partial charge in [-0.05, 0) is 51.7 Å². The van der Waals surface area contributed by atoms with Gasteiger partial charge in [0, 0.05) is 5.54 Å². The molecule has 0 heterocycles. The summed E-state index contributed by atoms with van der Waals surface area (Å²) in [7, 11) is 2.20. The van der Waals surface area contributed by atoms with Crippen LogP contribution in [0.2, 0.25) is 0 Å². The minimum absolute atomic E-state index is 0.150. The van der Waals surface area contributed by atoms with E-state index in [0.717, 1.165) is 19.4 Å². The SMILES string of the molecule is CCCCCN(C)CCC1CCCC1(N)CO.